The third kappa shape index (κ3) is 4.15. The first-order chi connectivity index (χ1) is 14.7. The molecule has 31 heavy (non-hydrogen) atoms. The number of para-hydroxylation sites is 2. The SMILES string of the molecule is CC(Sc1nn(-c2ccc(Cl)cc2)c(=S)s1)C(=O)N1c2ccccc2NC(=O)C1(C)C. The number of rotatable bonds is 4. The zero-order valence-corrected chi connectivity index (χ0v) is 20.2. The second-order valence-corrected chi connectivity index (χ2v) is 11.1. The maximum Gasteiger partial charge on any atom is 0.250 e. The number of carbonyl (C=O) groups is 2. The number of aromatic nitrogens is 2. The third-order valence-electron chi connectivity index (χ3n) is 4.95. The van der Waals surface area contributed by atoms with Gasteiger partial charge in [-0.25, -0.2) is 4.68 Å². The first kappa shape index (κ1) is 22.0. The van der Waals surface area contributed by atoms with Crippen molar-refractivity contribution in [3.63, 3.8) is 0 Å². The molecule has 0 fully saturated rings. The van der Waals surface area contributed by atoms with Gasteiger partial charge in [-0.2, -0.15) is 0 Å². The molecule has 0 bridgehead atoms. The highest BCUT2D eigenvalue weighted by atomic mass is 35.5. The molecule has 1 atom stereocenters. The number of anilines is 2. The summed E-state index contributed by atoms with van der Waals surface area (Å²) in [5.74, 6) is -0.393. The van der Waals surface area contributed by atoms with Crippen molar-refractivity contribution in [2.75, 3.05) is 10.2 Å². The molecule has 2 amide bonds. The number of halogens is 1. The van der Waals surface area contributed by atoms with E-state index in [1.807, 2.05) is 37.3 Å². The number of nitrogens with one attached hydrogen (secondary N) is 1. The fourth-order valence-corrected chi connectivity index (χ4v) is 5.96. The Hall–Kier alpha value is -2.20. The molecule has 4 rings (SSSR count). The van der Waals surface area contributed by atoms with Crippen molar-refractivity contribution in [1.29, 1.82) is 0 Å². The largest absolute Gasteiger partial charge is 0.322 e. The van der Waals surface area contributed by atoms with Crippen LogP contribution in [-0.2, 0) is 9.59 Å². The molecular formula is C21H19ClN4O2S3. The lowest BCUT2D eigenvalue weighted by molar-refractivity contribution is -0.126. The normalized spacial score (nSPS) is 15.9. The molecule has 10 heteroatoms. The molecule has 160 valence electrons. The van der Waals surface area contributed by atoms with E-state index in [0.29, 0.717) is 24.7 Å². The van der Waals surface area contributed by atoms with Crippen LogP contribution < -0.4 is 10.2 Å². The van der Waals surface area contributed by atoms with Gasteiger partial charge < -0.3 is 5.32 Å². The summed E-state index contributed by atoms with van der Waals surface area (Å²) in [6, 6.07) is 14.5. The van der Waals surface area contributed by atoms with Crippen LogP contribution in [0, 0.1) is 3.95 Å². The molecule has 0 spiro atoms. The summed E-state index contributed by atoms with van der Waals surface area (Å²) in [4.78, 5) is 27.7. The molecule has 2 heterocycles. The second kappa shape index (κ2) is 8.38. The molecular weight excluding hydrogens is 472 g/mol. The van der Waals surface area contributed by atoms with Gasteiger partial charge in [-0.3, -0.25) is 14.5 Å². The van der Waals surface area contributed by atoms with Gasteiger partial charge in [-0.15, -0.1) is 5.10 Å². The van der Waals surface area contributed by atoms with Crippen LogP contribution in [-0.4, -0.2) is 32.4 Å². The van der Waals surface area contributed by atoms with Gasteiger partial charge in [0.1, 0.15) is 5.54 Å². The Bertz CT molecular complexity index is 1220. The highest BCUT2D eigenvalue weighted by molar-refractivity contribution is 8.02. The summed E-state index contributed by atoms with van der Waals surface area (Å²) in [5.41, 5.74) is 1.10. The van der Waals surface area contributed by atoms with E-state index >= 15 is 0 Å². The predicted molar refractivity (Wildman–Crippen MR) is 129 cm³/mol. The van der Waals surface area contributed by atoms with Gasteiger partial charge in [0.05, 0.1) is 22.3 Å². The van der Waals surface area contributed by atoms with Crippen LogP contribution in [0.15, 0.2) is 52.9 Å². The molecule has 0 radical (unpaired) electrons. The van der Waals surface area contributed by atoms with Gasteiger partial charge in [0, 0.05) is 5.02 Å². The van der Waals surface area contributed by atoms with Crippen LogP contribution in [0.25, 0.3) is 5.69 Å². The number of carbonyl (C=O) groups excluding carboxylic acids is 2. The maximum atomic E-state index is 13.5. The monoisotopic (exact) mass is 490 g/mol. The number of hydrogen-bond donors (Lipinski definition) is 1. The molecule has 0 saturated carbocycles. The van der Waals surface area contributed by atoms with E-state index in [2.05, 4.69) is 10.4 Å². The van der Waals surface area contributed by atoms with Crippen LogP contribution in [0.1, 0.15) is 20.8 Å². The van der Waals surface area contributed by atoms with E-state index in [0.717, 1.165) is 5.69 Å². The lowest BCUT2D eigenvalue weighted by atomic mass is 9.96. The predicted octanol–water partition coefficient (Wildman–Crippen LogP) is 5.56. The fraction of sp³-hybridized carbons (Fsp3) is 0.238. The number of benzene rings is 2. The average molecular weight is 491 g/mol. The molecule has 0 saturated heterocycles. The summed E-state index contributed by atoms with van der Waals surface area (Å²) >= 11 is 14.1. The first-order valence-electron chi connectivity index (χ1n) is 9.46. The smallest absolute Gasteiger partial charge is 0.250 e. The fourth-order valence-electron chi connectivity index (χ4n) is 3.28. The number of thioether (sulfide) groups is 1. The first-order valence-corrected chi connectivity index (χ1v) is 11.9. The van der Waals surface area contributed by atoms with Gasteiger partial charge in [-0.1, -0.05) is 46.8 Å². The van der Waals surface area contributed by atoms with Crippen LogP contribution >= 0.6 is 46.9 Å². The molecule has 2 aromatic carbocycles. The van der Waals surface area contributed by atoms with E-state index in [4.69, 9.17) is 23.8 Å². The summed E-state index contributed by atoms with van der Waals surface area (Å²) in [5, 5.41) is 7.61. The molecule has 1 aliphatic rings. The summed E-state index contributed by atoms with van der Waals surface area (Å²) < 4.78 is 2.91. The minimum atomic E-state index is -1.02. The Balaban J connectivity index is 1.61. The number of hydrogen-bond acceptors (Lipinski definition) is 6. The van der Waals surface area contributed by atoms with Crippen molar-refractivity contribution in [2.24, 2.45) is 0 Å². The quantitative estimate of drug-likeness (QED) is 0.383. The van der Waals surface area contributed by atoms with Gasteiger partial charge in [-0.05, 0) is 69.4 Å². The van der Waals surface area contributed by atoms with Crippen molar-refractivity contribution in [3.8, 4) is 5.69 Å². The van der Waals surface area contributed by atoms with E-state index in [1.165, 1.54) is 23.1 Å². The van der Waals surface area contributed by atoms with Crippen molar-refractivity contribution < 1.29 is 9.59 Å². The van der Waals surface area contributed by atoms with Crippen LogP contribution in [0.3, 0.4) is 0 Å². The van der Waals surface area contributed by atoms with Gasteiger partial charge in [0.25, 0.3) is 0 Å². The topological polar surface area (TPSA) is 67.2 Å². The van der Waals surface area contributed by atoms with Gasteiger partial charge in [0.15, 0.2) is 8.29 Å². The van der Waals surface area contributed by atoms with Crippen LogP contribution in [0.5, 0.6) is 0 Å². The maximum absolute atomic E-state index is 13.5. The van der Waals surface area contributed by atoms with Crippen LogP contribution in [0.2, 0.25) is 5.02 Å². The Kier molecular flexibility index (Phi) is 5.95. The Morgan fingerprint density at radius 2 is 1.90 bits per heavy atom. The van der Waals surface area contributed by atoms with Gasteiger partial charge >= 0.3 is 0 Å². The number of nitrogens with zero attached hydrogens (tertiary/aromatic N) is 3. The second-order valence-electron chi connectivity index (χ2n) is 7.49. The highest BCUT2D eigenvalue weighted by Crippen LogP contribution is 2.39. The zero-order chi connectivity index (χ0) is 22.3. The molecule has 1 unspecified atom stereocenters. The number of amides is 2. The van der Waals surface area contributed by atoms with E-state index in [1.54, 1.807) is 41.6 Å². The third-order valence-corrected chi connectivity index (χ3v) is 7.61. The Morgan fingerprint density at radius 3 is 2.61 bits per heavy atom. The van der Waals surface area contributed by atoms with Crippen LogP contribution in [0.4, 0.5) is 11.4 Å². The Labute approximate surface area is 198 Å². The minimum Gasteiger partial charge on any atom is -0.322 e. The lowest BCUT2D eigenvalue weighted by Gasteiger charge is -2.42. The van der Waals surface area contributed by atoms with Crippen molar-refractivity contribution >= 4 is 70.1 Å². The van der Waals surface area contributed by atoms with E-state index in [9.17, 15) is 9.59 Å². The molecule has 1 N–H and O–H groups in total. The van der Waals surface area contributed by atoms with Crippen molar-refractivity contribution in [1.82, 2.24) is 9.78 Å². The van der Waals surface area contributed by atoms with E-state index < -0.39 is 10.8 Å². The highest BCUT2D eigenvalue weighted by Gasteiger charge is 2.44. The number of fused-ring (bicyclic) bond motifs is 1. The standard InChI is InChI=1S/C21H19ClN4O2S3/c1-12(30-19-24-26(20(29)31-19)14-10-8-13(22)9-11-14)17(27)25-16-7-5-4-6-15(16)23-18(28)21(25,2)3/h4-12H,1-3H3,(H,23,28). The lowest BCUT2D eigenvalue weighted by Crippen LogP contribution is -2.60. The summed E-state index contributed by atoms with van der Waals surface area (Å²) in [6.45, 7) is 5.30. The minimum absolute atomic E-state index is 0.170. The summed E-state index contributed by atoms with van der Waals surface area (Å²) in [6.07, 6.45) is 0. The van der Waals surface area contributed by atoms with Crippen molar-refractivity contribution in [3.05, 3.63) is 57.5 Å². The molecule has 1 aromatic heterocycles. The van der Waals surface area contributed by atoms with Gasteiger partial charge in [0.2, 0.25) is 11.8 Å². The molecule has 1 aliphatic heterocycles. The average Bonchev–Trinajstić information content (AvgIpc) is 3.09. The molecule has 6 nitrogen and oxygen atoms in total. The molecule has 0 aliphatic carbocycles. The Morgan fingerprint density at radius 1 is 1.23 bits per heavy atom. The zero-order valence-electron chi connectivity index (χ0n) is 17.0. The van der Waals surface area contributed by atoms with Crippen molar-refractivity contribution in [2.45, 2.75) is 35.9 Å². The summed E-state index contributed by atoms with van der Waals surface area (Å²) in [7, 11) is 0. The molecule has 3 aromatic rings. The van der Waals surface area contributed by atoms with E-state index in [-0.39, 0.29) is 11.8 Å².